The van der Waals surface area contributed by atoms with Crippen molar-refractivity contribution in [1.82, 2.24) is 5.32 Å². The number of rotatable bonds is 2. The van der Waals surface area contributed by atoms with Crippen molar-refractivity contribution in [2.75, 3.05) is 0 Å². The van der Waals surface area contributed by atoms with Crippen LogP contribution in [-0.4, -0.2) is 5.54 Å². The number of benzene rings is 1. The molecule has 0 aliphatic heterocycles. The molecule has 0 aliphatic rings. The molecule has 0 bridgehead atoms. The fourth-order valence-corrected chi connectivity index (χ4v) is 1.07. The van der Waals surface area contributed by atoms with E-state index in [4.69, 9.17) is 0 Å². The average Bonchev–Trinajstić information content (AvgIpc) is 2.02. The first-order chi connectivity index (χ1) is 5.97. The Kier molecular flexibility index (Phi) is 3.10. The normalized spacial score (nSPS) is 11.7. The van der Waals surface area contributed by atoms with Crippen molar-refractivity contribution in [1.29, 1.82) is 0 Å². The van der Waals surface area contributed by atoms with E-state index in [2.05, 4.69) is 57.3 Å². The smallest absolute Gasteiger partial charge is 0.0210 e. The lowest BCUT2D eigenvalue weighted by atomic mass is 10.1. The third-order valence-electron chi connectivity index (χ3n) is 1.94. The summed E-state index contributed by atoms with van der Waals surface area (Å²) in [7, 11) is 0. The molecular weight excluding hydrogens is 158 g/mol. The Morgan fingerprint density at radius 3 is 2.15 bits per heavy atom. The molecule has 1 aromatic carbocycles. The summed E-state index contributed by atoms with van der Waals surface area (Å²) in [6.45, 7) is 9.61. The Hall–Kier alpha value is -0.820. The van der Waals surface area contributed by atoms with Crippen LogP contribution in [0.5, 0.6) is 0 Å². The number of hydrogen-bond donors (Lipinski definition) is 1. The zero-order valence-corrected chi connectivity index (χ0v) is 9.02. The molecule has 1 rings (SSSR count). The van der Waals surface area contributed by atoms with Crippen molar-refractivity contribution in [3.63, 3.8) is 0 Å². The number of aryl methyl sites for hydroxylation is 1. The van der Waals surface area contributed by atoms with Gasteiger partial charge < -0.3 is 5.32 Å². The van der Waals surface area contributed by atoms with E-state index >= 15 is 0 Å². The molecule has 0 radical (unpaired) electrons. The van der Waals surface area contributed by atoms with Crippen LogP contribution in [0, 0.1) is 6.92 Å². The van der Waals surface area contributed by atoms with Crippen LogP contribution in [-0.2, 0) is 6.54 Å². The lowest BCUT2D eigenvalue weighted by Crippen LogP contribution is -2.35. The molecule has 0 heterocycles. The van der Waals surface area contributed by atoms with E-state index in [1.807, 2.05) is 0 Å². The first-order valence-corrected chi connectivity index (χ1v) is 4.78. The molecule has 0 amide bonds. The highest BCUT2D eigenvalue weighted by molar-refractivity contribution is 5.21. The molecule has 1 nitrogen and oxygen atoms in total. The number of hydrogen-bond acceptors (Lipinski definition) is 1. The summed E-state index contributed by atoms with van der Waals surface area (Å²) in [5.74, 6) is 0. The second kappa shape index (κ2) is 3.93. The summed E-state index contributed by atoms with van der Waals surface area (Å²) in [6.07, 6.45) is 0. The minimum absolute atomic E-state index is 0. The van der Waals surface area contributed by atoms with E-state index in [0.717, 1.165) is 6.54 Å². The fraction of sp³-hybridized carbons (Fsp3) is 0.500. The van der Waals surface area contributed by atoms with Crippen LogP contribution in [0.3, 0.4) is 0 Å². The van der Waals surface area contributed by atoms with Crippen LogP contribution in [0.25, 0.3) is 0 Å². The van der Waals surface area contributed by atoms with Gasteiger partial charge in [-0.2, -0.15) is 0 Å². The van der Waals surface area contributed by atoms with Gasteiger partial charge in [-0.25, -0.2) is 0 Å². The van der Waals surface area contributed by atoms with Gasteiger partial charge in [-0.15, -0.1) is 0 Å². The molecule has 0 fully saturated rings. The predicted octanol–water partition coefficient (Wildman–Crippen LogP) is 3.13. The summed E-state index contributed by atoms with van der Waals surface area (Å²) < 4.78 is 0. The summed E-state index contributed by atoms with van der Waals surface area (Å²) in [6, 6.07) is 8.65. The van der Waals surface area contributed by atoms with E-state index < -0.39 is 0 Å². The lowest BCUT2D eigenvalue weighted by molar-refractivity contribution is 0.424. The van der Waals surface area contributed by atoms with Gasteiger partial charge in [0.2, 0.25) is 0 Å². The summed E-state index contributed by atoms with van der Waals surface area (Å²) in [4.78, 5) is 0. The van der Waals surface area contributed by atoms with Crippen LogP contribution in [0.4, 0.5) is 0 Å². The molecule has 0 saturated heterocycles. The first kappa shape index (κ1) is 10.3. The quantitative estimate of drug-likeness (QED) is 0.735. The molecule has 1 N–H and O–H groups in total. The van der Waals surface area contributed by atoms with Crippen LogP contribution in [0.2, 0.25) is 0 Å². The second-order valence-electron chi connectivity index (χ2n) is 4.59. The lowest BCUT2D eigenvalue weighted by Gasteiger charge is -2.20. The van der Waals surface area contributed by atoms with Crippen molar-refractivity contribution in [2.45, 2.75) is 39.8 Å². The van der Waals surface area contributed by atoms with Crippen LogP contribution >= 0.6 is 0 Å². The monoisotopic (exact) mass is 179 g/mol. The van der Waals surface area contributed by atoms with Crippen LogP contribution in [0.15, 0.2) is 24.3 Å². The predicted molar refractivity (Wildman–Crippen MR) is 59.9 cm³/mol. The molecule has 74 valence electrons. The van der Waals surface area contributed by atoms with Crippen molar-refractivity contribution >= 4 is 0 Å². The maximum absolute atomic E-state index is 3.46. The molecule has 1 aromatic rings. The standard InChI is InChI=1S/C12H19N.H2/c1-10-5-7-11(8-6-10)9-13-12(2,3)4;/h5-8,13H,9H2,1-4H3;1H. The Morgan fingerprint density at radius 1 is 1.15 bits per heavy atom. The summed E-state index contributed by atoms with van der Waals surface area (Å²) in [5.41, 5.74) is 2.87. The highest BCUT2D eigenvalue weighted by Crippen LogP contribution is 2.05. The molecule has 0 saturated carbocycles. The Labute approximate surface area is 82.7 Å². The Bertz CT molecular complexity index is 259. The minimum Gasteiger partial charge on any atom is -0.308 e. The van der Waals surface area contributed by atoms with Gasteiger partial charge >= 0.3 is 0 Å². The molecule has 0 aromatic heterocycles. The van der Waals surface area contributed by atoms with Gasteiger partial charge in [0, 0.05) is 13.5 Å². The third kappa shape index (κ3) is 4.09. The number of nitrogens with one attached hydrogen (secondary N) is 1. The largest absolute Gasteiger partial charge is 0.308 e. The van der Waals surface area contributed by atoms with E-state index in [9.17, 15) is 0 Å². The molecular formula is C12H21N. The Morgan fingerprint density at radius 2 is 1.69 bits per heavy atom. The topological polar surface area (TPSA) is 12.0 Å². The van der Waals surface area contributed by atoms with Gasteiger partial charge in [0.05, 0.1) is 0 Å². The van der Waals surface area contributed by atoms with Crippen molar-refractivity contribution in [3.05, 3.63) is 35.4 Å². The van der Waals surface area contributed by atoms with Gasteiger partial charge in [0.15, 0.2) is 0 Å². The molecule has 0 aliphatic carbocycles. The van der Waals surface area contributed by atoms with Gasteiger partial charge in [-0.05, 0) is 33.3 Å². The molecule has 0 atom stereocenters. The van der Waals surface area contributed by atoms with E-state index in [1.54, 1.807) is 0 Å². The van der Waals surface area contributed by atoms with Gasteiger partial charge in [-0.3, -0.25) is 0 Å². The SMILES string of the molecule is Cc1ccc(CNC(C)(C)C)cc1.[HH]. The molecule has 0 spiro atoms. The molecule has 13 heavy (non-hydrogen) atoms. The van der Waals surface area contributed by atoms with Gasteiger partial charge in [0.1, 0.15) is 0 Å². The zero-order valence-electron chi connectivity index (χ0n) is 9.02. The van der Waals surface area contributed by atoms with E-state index in [-0.39, 0.29) is 6.97 Å². The van der Waals surface area contributed by atoms with Crippen molar-refractivity contribution in [2.24, 2.45) is 0 Å². The molecule has 0 unspecified atom stereocenters. The van der Waals surface area contributed by atoms with E-state index in [0.29, 0.717) is 0 Å². The van der Waals surface area contributed by atoms with Crippen molar-refractivity contribution in [3.8, 4) is 0 Å². The Balaban J connectivity index is 0.00000169. The maximum Gasteiger partial charge on any atom is 0.0210 e. The third-order valence-corrected chi connectivity index (χ3v) is 1.94. The highest BCUT2D eigenvalue weighted by Gasteiger charge is 2.07. The summed E-state index contributed by atoms with van der Waals surface area (Å²) >= 11 is 0. The maximum atomic E-state index is 3.46. The van der Waals surface area contributed by atoms with Gasteiger partial charge in [0.25, 0.3) is 0 Å². The van der Waals surface area contributed by atoms with Crippen LogP contribution < -0.4 is 5.32 Å². The second-order valence-corrected chi connectivity index (χ2v) is 4.59. The minimum atomic E-state index is 0. The fourth-order valence-electron chi connectivity index (χ4n) is 1.07. The molecule has 1 heteroatoms. The zero-order chi connectivity index (χ0) is 9.90. The van der Waals surface area contributed by atoms with Crippen LogP contribution in [0.1, 0.15) is 33.3 Å². The van der Waals surface area contributed by atoms with Crippen molar-refractivity contribution < 1.29 is 1.43 Å². The first-order valence-electron chi connectivity index (χ1n) is 4.78. The summed E-state index contributed by atoms with van der Waals surface area (Å²) in [5, 5.41) is 3.46. The van der Waals surface area contributed by atoms with Gasteiger partial charge in [-0.1, -0.05) is 29.8 Å². The average molecular weight is 179 g/mol. The van der Waals surface area contributed by atoms with E-state index in [1.165, 1.54) is 11.1 Å². The highest BCUT2D eigenvalue weighted by atomic mass is 14.9.